The molecule has 3 heterocycles. The number of nitrogens with two attached hydrogens (primary N) is 1. The second-order valence-corrected chi connectivity index (χ2v) is 22.0. The fourth-order valence-electron chi connectivity index (χ4n) is 6.42. The first-order valence-electron chi connectivity index (χ1n) is 22.9. The van der Waals surface area contributed by atoms with Crippen molar-refractivity contribution in [3.63, 3.8) is 0 Å². The number of phosphoric acid groups is 3. The zero-order chi connectivity index (χ0) is 52.5. The van der Waals surface area contributed by atoms with Crippen molar-refractivity contribution in [2.75, 3.05) is 37.8 Å². The monoisotopic (exact) mass is 1080 g/mol. The van der Waals surface area contributed by atoms with Crippen LogP contribution in [0.1, 0.15) is 97.6 Å². The highest BCUT2D eigenvalue weighted by Crippen LogP contribution is 2.61. The minimum atomic E-state index is -5.58. The number of nitrogen functional groups attached to an aromatic ring is 1. The van der Waals surface area contributed by atoms with E-state index in [0.717, 1.165) is 73.9 Å². The number of carbonyl (C=O) groups excluding carboxylic acids is 3. The number of nitrogens with one attached hydrogen (secondary N) is 2. The third-order valence-electron chi connectivity index (χ3n) is 10.2. The standard InChI is InChI=1S/C43H68N7O17P3S/c1-4-5-6-7-8-9-10-11-12-13-14-15-16-17-18-19-20-21-22-23-34(52)71-27-26-45-33(51)24-25-46-41(55)38(54)43(2,3)29-64-70(61,62)67-69(59,60)63-28-32-37(66-68(56,57)58)36(53)42(65-32)50-31-49-35-39(44)47-30-48-40(35)50/h8-9,11-12,14-15,17-18,22-23,30-32,36-38,42,53-54H,4-7,10,13,16,19-21,24-29H2,1-3H3,(H,45,51)(H,46,55)(H,59,60)(H,61,62)(H2,44,47,48)(H2,56,57,58)/b9-8-,12-11-,15-14-,18-17-,23-22+/t32-,36+,37+,38-,42-/m0/s1. The number of allylic oxidation sites excluding steroid dienone is 9. The molecular weight excluding hydrogens is 1010 g/mol. The molecule has 3 rings (SSSR count). The van der Waals surface area contributed by atoms with Crippen molar-refractivity contribution >= 4 is 69.1 Å². The predicted molar refractivity (Wildman–Crippen MR) is 265 cm³/mol. The van der Waals surface area contributed by atoms with Crippen LogP contribution in [0.15, 0.2) is 73.4 Å². The van der Waals surface area contributed by atoms with Crippen LogP contribution in [-0.4, -0.2) is 123 Å². The van der Waals surface area contributed by atoms with E-state index in [1.165, 1.54) is 39.2 Å². The number of unbranched alkanes of at least 4 members (excludes halogenated alkanes) is 5. The van der Waals surface area contributed by atoms with Gasteiger partial charge in [0.25, 0.3) is 0 Å². The molecule has 1 aliphatic heterocycles. The summed E-state index contributed by atoms with van der Waals surface area (Å²) in [6, 6.07) is 0. The minimum absolute atomic E-state index is 0.0295. The zero-order valence-corrected chi connectivity index (χ0v) is 43.4. The molecule has 0 saturated carbocycles. The summed E-state index contributed by atoms with van der Waals surface area (Å²) in [5.74, 6) is -1.14. The summed E-state index contributed by atoms with van der Waals surface area (Å²) >= 11 is 1.04. The Morgan fingerprint density at radius 3 is 2.14 bits per heavy atom. The Labute approximate surface area is 417 Å². The van der Waals surface area contributed by atoms with E-state index in [4.69, 9.17) is 19.5 Å². The predicted octanol–water partition coefficient (Wildman–Crippen LogP) is 5.37. The van der Waals surface area contributed by atoms with Gasteiger partial charge in [0.1, 0.15) is 36.3 Å². The summed E-state index contributed by atoms with van der Waals surface area (Å²) < 4.78 is 62.4. The highest BCUT2D eigenvalue weighted by Gasteiger charge is 2.50. The number of aromatic nitrogens is 4. The van der Waals surface area contributed by atoms with E-state index >= 15 is 0 Å². The van der Waals surface area contributed by atoms with Gasteiger partial charge < -0.3 is 50.9 Å². The molecule has 2 unspecified atom stereocenters. The van der Waals surface area contributed by atoms with Crippen molar-refractivity contribution in [2.24, 2.45) is 5.41 Å². The number of aliphatic hydroxyl groups is 2. The summed E-state index contributed by atoms with van der Waals surface area (Å²) in [5.41, 5.74) is 4.27. The third-order valence-corrected chi connectivity index (χ3v) is 14.1. The van der Waals surface area contributed by atoms with Crippen molar-refractivity contribution < 1.29 is 80.5 Å². The number of carbonyl (C=O) groups is 3. The molecule has 28 heteroatoms. The number of thioether (sulfide) groups is 1. The van der Waals surface area contributed by atoms with Crippen LogP contribution >= 0.6 is 35.2 Å². The topological polar surface area (TPSA) is 364 Å². The lowest BCUT2D eigenvalue weighted by atomic mass is 9.87. The molecular formula is C43H68N7O17P3S. The molecule has 2 amide bonds. The minimum Gasteiger partial charge on any atom is -0.386 e. The summed E-state index contributed by atoms with van der Waals surface area (Å²) in [5, 5.41) is 26.4. The second kappa shape index (κ2) is 31.1. The van der Waals surface area contributed by atoms with Crippen molar-refractivity contribution in [1.29, 1.82) is 0 Å². The maximum atomic E-state index is 12.7. The summed E-state index contributed by atoms with van der Waals surface area (Å²) in [6.45, 7) is 2.68. The second-order valence-electron chi connectivity index (χ2n) is 16.7. The fraction of sp³-hybridized carbons (Fsp3) is 0.581. The molecule has 2 aromatic rings. The number of nitrogens with zero attached hydrogens (tertiary/aromatic N) is 4. The maximum Gasteiger partial charge on any atom is 0.481 e. The molecule has 10 N–H and O–H groups in total. The van der Waals surface area contributed by atoms with E-state index in [1.54, 1.807) is 0 Å². The normalized spacial score (nSPS) is 20.2. The lowest BCUT2D eigenvalue weighted by Gasteiger charge is -2.30. The average Bonchev–Trinajstić information content (AvgIpc) is 3.86. The van der Waals surface area contributed by atoms with Crippen molar-refractivity contribution in [1.82, 2.24) is 30.2 Å². The van der Waals surface area contributed by atoms with Gasteiger partial charge in [-0.2, -0.15) is 4.31 Å². The Kier molecular flexibility index (Phi) is 27.0. The van der Waals surface area contributed by atoms with Gasteiger partial charge in [0.2, 0.25) is 16.9 Å². The van der Waals surface area contributed by atoms with Crippen LogP contribution in [0.25, 0.3) is 11.2 Å². The highest BCUT2D eigenvalue weighted by atomic mass is 32.2. The van der Waals surface area contributed by atoms with E-state index in [-0.39, 0.29) is 41.6 Å². The molecule has 0 bridgehead atoms. The van der Waals surface area contributed by atoms with Gasteiger partial charge in [-0.25, -0.2) is 28.6 Å². The Morgan fingerprint density at radius 2 is 1.49 bits per heavy atom. The number of phosphoric ester groups is 3. The van der Waals surface area contributed by atoms with Gasteiger partial charge in [0, 0.05) is 30.7 Å². The Balaban J connectivity index is 1.29. The molecule has 71 heavy (non-hydrogen) atoms. The van der Waals surface area contributed by atoms with Crippen LogP contribution in [-0.2, 0) is 50.7 Å². The van der Waals surface area contributed by atoms with Gasteiger partial charge in [0.05, 0.1) is 19.5 Å². The number of anilines is 1. The van der Waals surface area contributed by atoms with Crippen LogP contribution in [0.2, 0.25) is 0 Å². The number of imidazole rings is 1. The number of fused-ring (bicyclic) bond motifs is 1. The Bertz CT molecular complexity index is 2310. The van der Waals surface area contributed by atoms with Crippen LogP contribution in [0.3, 0.4) is 0 Å². The number of hydrogen-bond acceptors (Lipinski definition) is 18. The summed E-state index contributed by atoms with van der Waals surface area (Å²) in [7, 11) is -16.4. The zero-order valence-electron chi connectivity index (χ0n) is 39.9. The molecule has 1 fully saturated rings. The molecule has 0 aliphatic carbocycles. The lowest BCUT2D eigenvalue weighted by molar-refractivity contribution is -0.137. The molecule has 1 aliphatic rings. The first-order valence-corrected chi connectivity index (χ1v) is 28.4. The molecule has 24 nitrogen and oxygen atoms in total. The van der Waals surface area contributed by atoms with Gasteiger partial charge in [-0.3, -0.25) is 32.5 Å². The maximum absolute atomic E-state index is 12.7. The van der Waals surface area contributed by atoms with Crippen molar-refractivity contribution in [3.8, 4) is 0 Å². The number of ether oxygens (including phenoxy) is 1. The van der Waals surface area contributed by atoms with Gasteiger partial charge in [0.15, 0.2) is 17.7 Å². The smallest absolute Gasteiger partial charge is 0.386 e. The van der Waals surface area contributed by atoms with E-state index in [0.29, 0.717) is 5.75 Å². The Morgan fingerprint density at radius 1 is 0.873 bits per heavy atom. The van der Waals surface area contributed by atoms with Crippen LogP contribution < -0.4 is 16.4 Å². The van der Waals surface area contributed by atoms with Crippen LogP contribution in [0.5, 0.6) is 0 Å². The number of rotatable bonds is 34. The first kappa shape index (κ1) is 61.6. The van der Waals surface area contributed by atoms with Gasteiger partial charge >= 0.3 is 23.5 Å². The van der Waals surface area contributed by atoms with Gasteiger partial charge in [-0.1, -0.05) is 100 Å². The largest absolute Gasteiger partial charge is 0.481 e. The lowest BCUT2D eigenvalue weighted by Crippen LogP contribution is -2.46. The molecule has 0 spiro atoms. The number of amides is 2. The fourth-order valence-corrected chi connectivity index (χ4v) is 9.85. The summed E-state index contributed by atoms with van der Waals surface area (Å²) in [4.78, 5) is 88.3. The van der Waals surface area contributed by atoms with Crippen LogP contribution in [0.4, 0.5) is 5.82 Å². The molecule has 398 valence electrons. The molecule has 0 aromatic carbocycles. The van der Waals surface area contributed by atoms with Gasteiger partial charge in [-0.05, 0) is 57.4 Å². The summed E-state index contributed by atoms with van der Waals surface area (Å²) in [6.07, 6.45) is 24.1. The first-order chi connectivity index (χ1) is 33.6. The van der Waals surface area contributed by atoms with Crippen LogP contribution in [0, 0.1) is 5.41 Å². The molecule has 1 saturated heterocycles. The highest BCUT2D eigenvalue weighted by molar-refractivity contribution is 8.14. The van der Waals surface area contributed by atoms with E-state index < -0.39 is 84.6 Å². The van der Waals surface area contributed by atoms with Crippen molar-refractivity contribution in [3.05, 3.63) is 73.4 Å². The molecule has 0 radical (unpaired) electrons. The molecule has 7 atom stereocenters. The average molecular weight is 1080 g/mol. The SMILES string of the molecule is CCCCC/C=C\C/C=C\C/C=C\C/C=C\CCC/C=C/C(=O)SCCNC(=O)CCNC(=O)[C@H](O)C(C)(C)COP(=O)(O)OP(=O)(O)OC[C@@H]1O[C@H](n2cnc3c(N)ncnc32)[C@H](O)[C@@H]1OP(=O)(O)O. The van der Waals surface area contributed by atoms with E-state index in [2.05, 4.69) is 90.0 Å². The quantitative estimate of drug-likeness (QED) is 0.0184. The third kappa shape index (κ3) is 23.8. The van der Waals surface area contributed by atoms with E-state index in [9.17, 15) is 57.9 Å². The molecule has 2 aromatic heterocycles. The number of hydrogen-bond donors (Lipinski definition) is 9. The number of aliphatic hydroxyl groups excluding tert-OH is 2. The van der Waals surface area contributed by atoms with Gasteiger partial charge in [-0.15, -0.1) is 0 Å². The Hall–Kier alpha value is -3.74. The van der Waals surface area contributed by atoms with Crippen molar-refractivity contribution in [2.45, 2.75) is 122 Å². The van der Waals surface area contributed by atoms with E-state index in [1.807, 2.05) is 6.08 Å².